The van der Waals surface area contributed by atoms with E-state index in [4.69, 9.17) is 15.2 Å². The molecule has 0 aliphatic carbocycles. The van der Waals surface area contributed by atoms with Gasteiger partial charge in [-0.1, -0.05) is 0 Å². The molecule has 2 rings (SSSR count). The predicted molar refractivity (Wildman–Crippen MR) is 65.8 cm³/mol. The summed E-state index contributed by atoms with van der Waals surface area (Å²) in [7, 11) is 1.76. The smallest absolute Gasteiger partial charge is 0.0914 e. The third kappa shape index (κ3) is 2.02. The van der Waals surface area contributed by atoms with Crippen molar-refractivity contribution in [2.24, 2.45) is 5.73 Å². The molecule has 2 N–H and O–H groups in total. The van der Waals surface area contributed by atoms with Crippen molar-refractivity contribution in [1.29, 1.82) is 0 Å². The van der Waals surface area contributed by atoms with E-state index in [9.17, 15) is 0 Å². The summed E-state index contributed by atoms with van der Waals surface area (Å²) in [4.78, 5) is 1.29. The van der Waals surface area contributed by atoms with Crippen LogP contribution < -0.4 is 5.73 Å². The van der Waals surface area contributed by atoms with Gasteiger partial charge in [-0.3, -0.25) is 0 Å². The van der Waals surface area contributed by atoms with Crippen molar-refractivity contribution in [1.82, 2.24) is 0 Å². The number of hydrogen-bond donors (Lipinski definition) is 1. The first kappa shape index (κ1) is 12.0. The van der Waals surface area contributed by atoms with Crippen molar-refractivity contribution >= 4 is 11.3 Å². The summed E-state index contributed by atoms with van der Waals surface area (Å²) in [5.41, 5.74) is 7.36. The minimum absolute atomic E-state index is 0.0485. The summed E-state index contributed by atoms with van der Waals surface area (Å²) in [5, 5.41) is 2.09. The minimum atomic E-state index is -0.246. The topological polar surface area (TPSA) is 44.5 Å². The van der Waals surface area contributed by atoms with E-state index in [0.29, 0.717) is 0 Å². The van der Waals surface area contributed by atoms with Gasteiger partial charge >= 0.3 is 0 Å². The van der Waals surface area contributed by atoms with Crippen LogP contribution in [0.15, 0.2) is 11.4 Å². The highest BCUT2D eigenvalue weighted by Gasteiger charge is 2.40. The van der Waals surface area contributed by atoms with Gasteiger partial charge in [0.1, 0.15) is 0 Å². The Balaban J connectivity index is 2.24. The Morgan fingerprint density at radius 1 is 1.50 bits per heavy atom. The SMILES string of the molecule is COC1(C(N)c2ccsc2C)CCOCC1. The van der Waals surface area contributed by atoms with Gasteiger partial charge in [0.2, 0.25) is 0 Å². The monoisotopic (exact) mass is 241 g/mol. The lowest BCUT2D eigenvalue weighted by molar-refractivity contribution is -0.105. The normalized spacial score (nSPS) is 21.9. The zero-order valence-corrected chi connectivity index (χ0v) is 10.7. The molecular formula is C12H19NO2S. The quantitative estimate of drug-likeness (QED) is 0.882. The van der Waals surface area contributed by atoms with E-state index in [2.05, 4.69) is 18.4 Å². The van der Waals surface area contributed by atoms with Crippen LogP contribution in [-0.2, 0) is 9.47 Å². The van der Waals surface area contributed by atoms with Crippen molar-refractivity contribution in [2.45, 2.75) is 31.4 Å². The largest absolute Gasteiger partial charge is 0.381 e. The standard InChI is InChI=1S/C12H19NO2S/c1-9-10(3-8-16-9)11(13)12(14-2)4-6-15-7-5-12/h3,8,11H,4-7,13H2,1-2H3. The Morgan fingerprint density at radius 3 is 2.69 bits per heavy atom. The summed E-state index contributed by atoms with van der Waals surface area (Å²) in [6.07, 6.45) is 1.75. The lowest BCUT2D eigenvalue weighted by Gasteiger charge is -2.40. The van der Waals surface area contributed by atoms with Crippen molar-refractivity contribution in [3.63, 3.8) is 0 Å². The Labute approximate surface area is 101 Å². The number of methoxy groups -OCH3 is 1. The molecule has 1 saturated heterocycles. The van der Waals surface area contributed by atoms with Gasteiger partial charge in [-0.05, 0) is 23.9 Å². The molecule has 4 heteroatoms. The maximum absolute atomic E-state index is 6.39. The summed E-state index contributed by atoms with van der Waals surface area (Å²) < 4.78 is 11.1. The molecule has 0 radical (unpaired) electrons. The molecule has 1 atom stereocenters. The fraction of sp³-hybridized carbons (Fsp3) is 0.667. The molecule has 0 amide bonds. The van der Waals surface area contributed by atoms with E-state index < -0.39 is 0 Å². The van der Waals surface area contributed by atoms with Gasteiger partial charge in [-0.15, -0.1) is 11.3 Å². The van der Waals surface area contributed by atoms with Crippen LogP contribution in [0.4, 0.5) is 0 Å². The maximum Gasteiger partial charge on any atom is 0.0914 e. The molecule has 16 heavy (non-hydrogen) atoms. The van der Waals surface area contributed by atoms with E-state index in [1.807, 2.05) is 0 Å². The maximum atomic E-state index is 6.39. The van der Waals surface area contributed by atoms with Gasteiger partial charge in [0.05, 0.1) is 11.6 Å². The van der Waals surface area contributed by atoms with E-state index in [1.54, 1.807) is 18.4 Å². The first-order chi connectivity index (χ1) is 7.69. The molecule has 0 saturated carbocycles. The van der Waals surface area contributed by atoms with E-state index >= 15 is 0 Å². The lowest BCUT2D eigenvalue weighted by atomic mass is 9.83. The Morgan fingerprint density at radius 2 is 2.19 bits per heavy atom. The van der Waals surface area contributed by atoms with Crippen LogP contribution >= 0.6 is 11.3 Å². The first-order valence-electron chi connectivity index (χ1n) is 5.62. The van der Waals surface area contributed by atoms with E-state index in [0.717, 1.165) is 26.1 Å². The molecule has 2 heterocycles. The molecule has 0 spiro atoms. The predicted octanol–water partition coefficient (Wildman–Crippen LogP) is 2.25. The molecule has 0 aromatic carbocycles. The zero-order chi connectivity index (χ0) is 11.6. The number of rotatable bonds is 3. The molecule has 3 nitrogen and oxygen atoms in total. The second-order valence-electron chi connectivity index (χ2n) is 4.29. The highest BCUT2D eigenvalue weighted by Crippen LogP contribution is 2.37. The van der Waals surface area contributed by atoms with Crippen LogP contribution in [0.2, 0.25) is 0 Å². The highest BCUT2D eigenvalue weighted by molar-refractivity contribution is 7.10. The summed E-state index contributed by atoms with van der Waals surface area (Å²) in [5.74, 6) is 0. The Hall–Kier alpha value is -0.420. The van der Waals surface area contributed by atoms with Crippen molar-refractivity contribution in [3.05, 3.63) is 21.9 Å². The molecule has 1 fully saturated rings. The highest BCUT2D eigenvalue weighted by atomic mass is 32.1. The number of ether oxygens (including phenoxy) is 2. The van der Waals surface area contributed by atoms with Gasteiger partial charge in [0, 0.05) is 38.0 Å². The third-order valence-electron chi connectivity index (χ3n) is 3.55. The Kier molecular flexibility index (Phi) is 3.64. The van der Waals surface area contributed by atoms with Gasteiger partial charge in [-0.2, -0.15) is 0 Å². The minimum Gasteiger partial charge on any atom is -0.381 e. The van der Waals surface area contributed by atoms with Crippen LogP contribution in [0, 0.1) is 6.92 Å². The van der Waals surface area contributed by atoms with Crippen LogP contribution in [0.1, 0.15) is 29.3 Å². The van der Waals surface area contributed by atoms with Crippen molar-refractivity contribution in [2.75, 3.05) is 20.3 Å². The van der Waals surface area contributed by atoms with Gasteiger partial charge in [-0.25, -0.2) is 0 Å². The van der Waals surface area contributed by atoms with Gasteiger partial charge in [0.25, 0.3) is 0 Å². The molecule has 0 bridgehead atoms. The van der Waals surface area contributed by atoms with Crippen LogP contribution in [0.5, 0.6) is 0 Å². The second-order valence-corrected chi connectivity index (χ2v) is 5.41. The average molecular weight is 241 g/mol. The third-order valence-corrected chi connectivity index (χ3v) is 4.41. The lowest BCUT2D eigenvalue weighted by Crippen LogP contribution is -2.47. The molecule has 90 valence electrons. The number of aryl methyl sites for hydroxylation is 1. The van der Waals surface area contributed by atoms with Gasteiger partial charge < -0.3 is 15.2 Å². The molecular weight excluding hydrogens is 222 g/mol. The number of thiophene rings is 1. The molecule has 1 aromatic rings. The van der Waals surface area contributed by atoms with Crippen LogP contribution in [0.25, 0.3) is 0 Å². The average Bonchev–Trinajstić information content (AvgIpc) is 2.75. The zero-order valence-electron chi connectivity index (χ0n) is 9.86. The summed E-state index contributed by atoms with van der Waals surface area (Å²) in [6.45, 7) is 3.60. The number of hydrogen-bond acceptors (Lipinski definition) is 4. The van der Waals surface area contributed by atoms with Crippen LogP contribution in [-0.4, -0.2) is 25.9 Å². The van der Waals surface area contributed by atoms with Crippen molar-refractivity contribution < 1.29 is 9.47 Å². The van der Waals surface area contributed by atoms with Gasteiger partial charge in [0.15, 0.2) is 0 Å². The fourth-order valence-corrected chi connectivity index (χ4v) is 3.11. The second kappa shape index (κ2) is 4.84. The Bertz CT molecular complexity index is 345. The van der Waals surface area contributed by atoms with Crippen LogP contribution in [0.3, 0.4) is 0 Å². The molecule has 1 aliphatic rings. The first-order valence-corrected chi connectivity index (χ1v) is 6.50. The summed E-state index contributed by atoms with van der Waals surface area (Å²) >= 11 is 1.74. The van der Waals surface area contributed by atoms with E-state index in [-0.39, 0.29) is 11.6 Å². The van der Waals surface area contributed by atoms with E-state index in [1.165, 1.54) is 10.4 Å². The number of nitrogens with two attached hydrogens (primary N) is 1. The molecule has 1 aliphatic heterocycles. The summed E-state index contributed by atoms with van der Waals surface area (Å²) in [6, 6.07) is 2.06. The molecule has 1 aromatic heterocycles. The van der Waals surface area contributed by atoms with Crippen molar-refractivity contribution in [3.8, 4) is 0 Å². The molecule has 1 unspecified atom stereocenters. The fourth-order valence-electron chi connectivity index (χ4n) is 2.36.